The molecule has 2 saturated heterocycles. The highest BCUT2D eigenvalue weighted by atomic mass is 16.2. The smallest absolute Gasteiger partial charge is 0.227 e. The van der Waals surface area contributed by atoms with Crippen LogP contribution in [0, 0.1) is 6.92 Å². The van der Waals surface area contributed by atoms with Gasteiger partial charge in [0, 0.05) is 32.7 Å². The standard InChI is InChI=1S/C23H29N7O/c1-18-4-5-19(14-20(18)16-27-8-2-3-9-27)15-23(31)29-12-10-28(11-13-29)22-7-6-21-25-24-17-30(21)26-22/h4-7,14,17H,2-3,8-13,15-16H2,1H3. The molecule has 2 aromatic heterocycles. The number of carbonyl (C=O) groups is 1. The molecule has 2 aliphatic heterocycles. The topological polar surface area (TPSA) is 69.9 Å². The minimum Gasteiger partial charge on any atom is -0.352 e. The Bertz CT molecular complexity index is 1060. The predicted octanol–water partition coefficient (Wildman–Crippen LogP) is 1.92. The van der Waals surface area contributed by atoms with E-state index in [2.05, 4.69) is 50.2 Å². The van der Waals surface area contributed by atoms with Gasteiger partial charge in [0.1, 0.15) is 12.1 Å². The quantitative estimate of drug-likeness (QED) is 0.629. The van der Waals surface area contributed by atoms with Gasteiger partial charge in [0.05, 0.1) is 6.42 Å². The monoisotopic (exact) mass is 419 g/mol. The van der Waals surface area contributed by atoms with Gasteiger partial charge in [0.25, 0.3) is 0 Å². The first-order chi connectivity index (χ1) is 15.2. The van der Waals surface area contributed by atoms with Crippen molar-refractivity contribution in [2.45, 2.75) is 32.7 Å². The van der Waals surface area contributed by atoms with Gasteiger partial charge < -0.3 is 9.80 Å². The summed E-state index contributed by atoms with van der Waals surface area (Å²) in [7, 11) is 0. The average molecular weight is 420 g/mol. The van der Waals surface area contributed by atoms with Crippen molar-refractivity contribution in [1.29, 1.82) is 0 Å². The number of rotatable bonds is 5. The Morgan fingerprint density at radius 1 is 1.00 bits per heavy atom. The summed E-state index contributed by atoms with van der Waals surface area (Å²) in [6, 6.07) is 10.4. The molecule has 0 unspecified atom stereocenters. The summed E-state index contributed by atoms with van der Waals surface area (Å²) in [5, 5.41) is 12.4. The van der Waals surface area contributed by atoms with Gasteiger partial charge in [-0.25, -0.2) is 0 Å². The van der Waals surface area contributed by atoms with Gasteiger partial charge >= 0.3 is 0 Å². The van der Waals surface area contributed by atoms with Crippen LogP contribution in [-0.4, -0.2) is 74.8 Å². The zero-order chi connectivity index (χ0) is 21.2. The molecule has 8 heteroatoms. The molecule has 162 valence electrons. The number of hydrogen-bond donors (Lipinski definition) is 0. The lowest BCUT2D eigenvalue weighted by Crippen LogP contribution is -2.49. The van der Waals surface area contributed by atoms with Crippen molar-refractivity contribution in [2.75, 3.05) is 44.2 Å². The highest BCUT2D eigenvalue weighted by molar-refractivity contribution is 5.79. The Balaban J connectivity index is 1.18. The van der Waals surface area contributed by atoms with Gasteiger partial charge in [-0.05, 0) is 61.7 Å². The number of nitrogens with zero attached hydrogens (tertiary/aromatic N) is 7. The summed E-state index contributed by atoms with van der Waals surface area (Å²) >= 11 is 0. The summed E-state index contributed by atoms with van der Waals surface area (Å²) in [6.07, 6.45) is 4.67. The first-order valence-electron chi connectivity index (χ1n) is 11.2. The maximum Gasteiger partial charge on any atom is 0.227 e. The molecule has 2 aliphatic rings. The van der Waals surface area contributed by atoms with E-state index in [0.717, 1.165) is 36.7 Å². The summed E-state index contributed by atoms with van der Waals surface area (Å²) in [5.74, 6) is 1.10. The number of anilines is 1. The van der Waals surface area contributed by atoms with Crippen LogP contribution >= 0.6 is 0 Å². The van der Waals surface area contributed by atoms with E-state index in [1.54, 1.807) is 10.8 Å². The highest BCUT2D eigenvalue weighted by Crippen LogP contribution is 2.19. The highest BCUT2D eigenvalue weighted by Gasteiger charge is 2.23. The van der Waals surface area contributed by atoms with E-state index >= 15 is 0 Å². The number of aryl methyl sites for hydroxylation is 1. The van der Waals surface area contributed by atoms with Crippen LogP contribution in [0.15, 0.2) is 36.7 Å². The largest absolute Gasteiger partial charge is 0.352 e. The molecule has 1 amide bonds. The molecule has 8 nitrogen and oxygen atoms in total. The van der Waals surface area contributed by atoms with Crippen molar-refractivity contribution in [3.8, 4) is 0 Å². The van der Waals surface area contributed by atoms with Crippen molar-refractivity contribution in [3.63, 3.8) is 0 Å². The van der Waals surface area contributed by atoms with Crippen LogP contribution in [-0.2, 0) is 17.8 Å². The maximum absolute atomic E-state index is 13.0. The van der Waals surface area contributed by atoms with Crippen molar-refractivity contribution in [3.05, 3.63) is 53.3 Å². The van der Waals surface area contributed by atoms with E-state index in [-0.39, 0.29) is 5.91 Å². The number of hydrogen-bond acceptors (Lipinski definition) is 6. The van der Waals surface area contributed by atoms with Gasteiger partial charge in [-0.1, -0.05) is 18.2 Å². The van der Waals surface area contributed by atoms with Crippen LogP contribution < -0.4 is 4.90 Å². The van der Waals surface area contributed by atoms with Crippen molar-refractivity contribution in [1.82, 2.24) is 29.6 Å². The fraction of sp³-hybridized carbons (Fsp3) is 0.478. The van der Waals surface area contributed by atoms with Gasteiger partial charge in [0.2, 0.25) is 5.91 Å². The molecule has 5 rings (SSSR count). The first-order valence-corrected chi connectivity index (χ1v) is 11.2. The van der Waals surface area contributed by atoms with Crippen LogP contribution in [0.2, 0.25) is 0 Å². The SMILES string of the molecule is Cc1ccc(CC(=O)N2CCN(c3ccc4nncn4n3)CC2)cc1CN1CCCC1. The minimum atomic E-state index is 0.206. The molecular weight excluding hydrogens is 390 g/mol. The average Bonchev–Trinajstić information content (AvgIpc) is 3.47. The molecule has 0 aliphatic carbocycles. The molecule has 0 saturated carbocycles. The summed E-state index contributed by atoms with van der Waals surface area (Å²) in [4.78, 5) is 19.7. The maximum atomic E-state index is 13.0. The molecule has 0 atom stereocenters. The summed E-state index contributed by atoms with van der Waals surface area (Å²) in [5.41, 5.74) is 4.52. The lowest BCUT2D eigenvalue weighted by Gasteiger charge is -2.35. The van der Waals surface area contributed by atoms with Crippen molar-refractivity contribution < 1.29 is 4.79 Å². The van der Waals surface area contributed by atoms with Gasteiger partial charge in [-0.2, -0.15) is 4.52 Å². The second-order valence-electron chi connectivity index (χ2n) is 8.61. The molecule has 1 aromatic carbocycles. The molecular formula is C23H29N7O. The van der Waals surface area contributed by atoms with Crippen LogP contribution in [0.3, 0.4) is 0 Å². The van der Waals surface area contributed by atoms with Crippen LogP contribution in [0.1, 0.15) is 29.5 Å². The fourth-order valence-corrected chi connectivity index (χ4v) is 4.55. The van der Waals surface area contributed by atoms with E-state index in [4.69, 9.17) is 0 Å². The third-order valence-electron chi connectivity index (χ3n) is 6.47. The third kappa shape index (κ3) is 4.39. The van der Waals surface area contributed by atoms with Crippen molar-refractivity contribution >= 4 is 17.4 Å². The molecule has 31 heavy (non-hydrogen) atoms. The van der Waals surface area contributed by atoms with E-state index in [9.17, 15) is 4.79 Å². The van der Waals surface area contributed by atoms with E-state index < -0.39 is 0 Å². The zero-order valence-corrected chi connectivity index (χ0v) is 18.1. The number of carbonyl (C=O) groups excluding carboxylic acids is 1. The number of aromatic nitrogens is 4. The Labute approximate surface area is 182 Å². The summed E-state index contributed by atoms with van der Waals surface area (Å²) < 4.78 is 1.68. The van der Waals surface area contributed by atoms with Crippen LogP contribution in [0.4, 0.5) is 5.82 Å². The second kappa shape index (κ2) is 8.63. The zero-order valence-electron chi connectivity index (χ0n) is 18.1. The molecule has 0 bridgehead atoms. The Morgan fingerprint density at radius 3 is 2.61 bits per heavy atom. The van der Waals surface area contributed by atoms with E-state index in [0.29, 0.717) is 19.5 Å². The molecule has 0 N–H and O–H groups in total. The molecule has 3 aromatic rings. The third-order valence-corrected chi connectivity index (χ3v) is 6.47. The first kappa shape index (κ1) is 19.9. The Morgan fingerprint density at radius 2 is 1.81 bits per heavy atom. The Kier molecular flexibility index (Phi) is 5.55. The number of fused-ring (bicyclic) bond motifs is 1. The molecule has 2 fully saturated rings. The number of amides is 1. The number of piperazine rings is 1. The number of benzene rings is 1. The molecule has 0 radical (unpaired) electrons. The lowest BCUT2D eigenvalue weighted by molar-refractivity contribution is -0.130. The van der Waals surface area contributed by atoms with E-state index in [1.807, 2.05) is 17.0 Å². The lowest BCUT2D eigenvalue weighted by atomic mass is 10.0. The Hall–Kier alpha value is -3.00. The van der Waals surface area contributed by atoms with E-state index in [1.165, 1.54) is 37.1 Å². The normalized spacial score (nSPS) is 17.6. The molecule has 0 spiro atoms. The van der Waals surface area contributed by atoms with Crippen LogP contribution in [0.25, 0.3) is 5.65 Å². The fourth-order valence-electron chi connectivity index (χ4n) is 4.55. The van der Waals surface area contributed by atoms with Gasteiger partial charge in [-0.3, -0.25) is 9.69 Å². The summed E-state index contributed by atoms with van der Waals surface area (Å²) in [6.45, 7) is 8.53. The van der Waals surface area contributed by atoms with Gasteiger partial charge in [-0.15, -0.1) is 15.3 Å². The molecule has 4 heterocycles. The van der Waals surface area contributed by atoms with Crippen LogP contribution in [0.5, 0.6) is 0 Å². The predicted molar refractivity (Wildman–Crippen MR) is 119 cm³/mol. The van der Waals surface area contributed by atoms with Gasteiger partial charge in [0.15, 0.2) is 5.65 Å². The van der Waals surface area contributed by atoms with Crippen molar-refractivity contribution in [2.24, 2.45) is 0 Å². The second-order valence-corrected chi connectivity index (χ2v) is 8.61. The number of likely N-dealkylation sites (tertiary alicyclic amines) is 1. The minimum absolute atomic E-state index is 0.206.